The molecule has 0 radical (unpaired) electrons. The Morgan fingerprint density at radius 3 is 2.60 bits per heavy atom. The van der Waals surface area contributed by atoms with Gasteiger partial charge in [-0.2, -0.15) is 0 Å². The first-order valence-electron chi connectivity index (χ1n) is 14.7. The molecule has 0 amide bonds. The largest absolute Gasteiger partial charge is 0.489 e. The zero-order valence-electron chi connectivity index (χ0n) is 23.8. The molecule has 2 atom stereocenters. The molecule has 8 heteroatoms. The second-order valence-electron chi connectivity index (χ2n) is 12.4. The predicted octanol–water partition coefficient (Wildman–Crippen LogP) is 6.11. The molecule has 1 aliphatic heterocycles. The number of Topliss-reactive ketones (excluding diaryl/α,β-unsaturated/α-hetero) is 1. The van der Waals surface area contributed by atoms with Crippen LogP contribution in [-0.2, 0) is 11.1 Å². The second kappa shape index (κ2) is 9.85. The minimum Gasteiger partial charge on any atom is -0.489 e. The van der Waals surface area contributed by atoms with Gasteiger partial charge < -0.3 is 20.3 Å². The highest BCUT2D eigenvalue weighted by molar-refractivity contribution is 6.01. The fourth-order valence-corrected chi connectivity index (χ4v) is 5.90. The highest BCUT2D eigenvalue weighted by atomic mass is 19.1. The number of rotatable bonds is 9. The number of hydrogen-bond acceptors (Lipinski definition) is 7. The molecule has 0 saturated heterocycles. The highest BCUT2D eigenvalue weighted by Gasteiger charge is 2.48. The van der Waals surface area contributed by atoms with Gasteiger partial charge in [-0.1, -0.05) is 6.07 Å². The van der Waals surface area contributed by atoms with Crippen LogP contribution < -0.4 is 15.2 Å². The summed E-state index contributed by atoms with van der Waals surface area (Å²) < 4.78 is 25.9. The average molecular weight is 568 g/mol. The van der Waals surface area contributed by atoms with Gasteiger partial charge in [0.05, 0.1) is 17.3 Å². The molecule has 7 nitrogen and oxygen atoms in total. The standard InChI is InChI=1S/C34H34FN3O4/c1-19-3-4-21-15-22(16-28(30(21)37-19)42-25-11-12-25)27(39)13-14-34(40,23-7-8-23)29-17-26-32(41-18-33(26,2)36)31(38-29)20-5-9-24(35)10-6-20/h3-6,9-10,15-17,23,25,40H,7-8,11-14,18,36H2,1-2H3/t33-,34+/m0/s1. The van der Waals surface area contributed by atoms with E-state index in [-0.39, 0.29) is 43.1 Å². The summed E-state index contributed by atoms with van der Waals surface area (Å²) in [6.45, 7) is 4.09. The SMILES string of the molecule is Cc1ccc2cc(C(=O)CC[C@](O)(c3cc4c(c(-c5ccc(F)cc5)n3)OC[C@]4(C)N)C3CC3)cc(OC3CC3)c2n1. The van der Waals surface area contributed by atoms with Crippen LogP contribution in [-0.4, -0.2) is 33.6 Å². The molecule has 2 aromatic heterocycles. The molecule has 3 heterocycles. The quantitative estimate of drug-likeness (QED) is 0.235. The number of aryl methyl sites for hydroxylation is 1. The number of nitrogens with two attached hydrogens (primary N) is 1. The van der Waals surface area contributed by atoms with Crippen molar-refractivity contribution < 1.29 is 23.8 Å². The van der Waals surface area contributed by atoms with Gasteiger partial charge in [-0.3, -0.25) is 4.79 Å². The average Bonchev–Trinajstić information content (AvgIpc) is 3.91. The van der Waals surface area contributed by atoms with Gasteiger partial charge >= 0.3 is 0 Å². The van der Waals surface area contributed by atoms with Gasteiger partial charge in [0.2, 0.25) is 0 Å². The van der Waals surface area contributed by atoms with Crippen LogP contribution in [0.1, 0.15) is 72.8 Å². The van der Waals surface area contributed by atoms with E-state index in [1.54, 1.807) is 18.2 Å². The first-order chi connectivity index (χ1) is 20.1. The Balaban J connectivity index is 1.23. The van der Waals surface area contributed by atoms with Crippen LogP contribution in [0.15, 0.2) is 54.6 Å². The Bertz CT molecular complexity index is 1710. The van der Waals surface area contributed by atoms with Crippen LogP contribution in [0, 0.1) is 18.7 Å². The number of hydrogen-bond donors (Lipinski definition) is 2. The van der Waals surface area contributed by atoms with E-state index in [0.717, 1.165) is 47.8 Å². The van der Waals surface area contributed by atoms with Crippen molar-refractivity contribution in [3.63, 3.8) is 0 Å². The maximum atomic E-state index is 13.7. The third kappa shape index (κ3) is 4.92. The van der Waals surface area contributed by atoms with Crippen LogP contribution in [0.2, 0.25) is 0 Å². The fraction of sp³-hybridized carbons (Fsp3) is 0.382. The van der Waals surface area contributed by atoms with Crippen LogP contribution >= 0.6 is 0 Å². The van der Waals surface area contributed by atoms with Gasteiger partial charge in [0.15, 0.2) is 11.5 Å². The summed E-state index contributed by atoms with van der Waals surface area (Å²) >= 11 is 0. The molecule has 7 rings (SSSR count). The third-order valence-corrected chi connectivity index (χ3v) is 8.69. The Morgan fingerprint density at radius 2 is 1.88 bits per heavy atom. The number of carbonyl (C=O) groups excluding carboxylic acids is 1. The van der Waals surface area contributed by atoms with E-state index in [9.17, 15) is 14.3 Å². The second-order valence-corrected chi connectivity index (χ2v) is 12.4. The zero-order valence-corrected chi connectivity index (χ0v) is 23.8. The third-order valence-electron chi connectivity index (χ3n) is 8.69. The normalized spacial score (nSPS) is 21.1. The smallest absolute Gasteiger partial charge is 0.163 e. The number of aromatic nitrogens is 2. The lowest BCUT2D eigenvalue weighted by atomic mass is 9.83. The maximum Gasteiger partial charge on any atom is 0.163 e. The van der Waals surface area contributed by atoms with Gasteiger partial charge in [0.25, 0.3) is 0 Å². The zero-order chi connectivity index (χ0) is 29.2. The lowest BCUT2D eigenvalue weighted by molar-refractivity contribution is -0.00116. The van der Waals surface area contributed by atoms with Gasteiger partial charge in [-0.25, -0.2) is 14.4 Å². The van der Waals surface area contributed by atoms with Crippen molar-refractivity contribution in [3.05, 3.63) is 82.9 Å². The molecule has 2 saturated carbocycles. The van der Waals surface area contributed by atoms with Crippen molar-refractivity contribution in [3.8, 4) is 22.8 Å². The van der Waals surface area contributed by atoms with Gasteiger partial charge in [-0.15, -0.1) is 0 Å². The molecule has 216 valence electrons. The Morgan fingerprint density at radius 1 is 1.12 bits per heavy atom. The van der Waals surface area contributed by atoms with Crippen molar-refractivity contribution in [2.75, 3.05) is 6.61 Å². The number of aliphatic hydroxyl groups is 1. The summed E-state index contributed by atoms with van der Waals surface area (Å²) in [5.41, 5.74) is 9.08. The first kappa shape index (κ1) is 27.0. The van der Waals surface area contributed by atoms with E-state index in [0.29, 0.717) is 34.0 Å². The molecule has 0 bridgehead atoms. The number of fused-ring (bicyclic) bond motifs is 2. The Kier molecular flexibility index (Phi) is 6.33. The minimum atomic E-state index is -1.33. The van der Waals surface area contributed by atoms with E-state index < -0.39 is 11.1 Å². The molecule has 2 aliphatic carbocycles. The van der Waals surface area contributed by atoms with Crippen LogP contribution in [0.3, 0.4) is 0 Å². The first-order valence-corrected chi connectivity index (χ1v) is 14.7. The number of carbonyl (C=O) groups is 1. The molecular weight excluding hydrogens is 533 g/mol. The van der Waals surface area contributed by atoms with E-state index >= 15 is 0 Å². The fourth-order valence-electron chi connectivity index (χ4n) is 5.90. The molecular formula is C34H34FN3O4. The molecule has 42 heavy (non-hydrogen) atoms. The van der Waals surface area contributed by atoms with Crippen molar-refractivity contribution in [1.82, 2.24) is 9.97 Å². The molecule has 4 aromatic rings. The number of nitrogens with zero attached hydrogens (tertiary/aromatic N) is 2. The van der Waals surface area contributed by atoms with Crippen LogP contribution in [0.25, 0.3) is 22.2 Å². The van der Waals surface area contributed by atoms with Crippen molar-refractivity contribution >= 4 is 16.7 Å². The lowest BCUT2D eigenvalue weighted by Gasteiger charge is -2.29. The van der Waals surface area contributed by atoms with Crippen LogP contribution in [0.5, 0.6) is 11.5 Å². The molecule has 3 aliphatic rings. The summed E-state index contributed by atoms with van der Waals surface area (Å²) in [6.07, 6.45) is 4.18. The van der Waals surface area contributed by atoms with Gasteiger partial charge in [0, 0.05) is 34.2 Å². The topological polar surface area (TPSA) is 108 Å². The van der Waals surface area contributed by atoms with E-state index in [2.05, 4.69) is 4.98 Å². The van der Waals surface area contributed by atoms with E-state index in [1.165, 1.54) is 12.1 Å². The van der Waals surface area contributed by atoms with Crippen molar-refractivity contribution in [2.45, 2.75) is 69.6 Å². The summed E-state index contributed by atoms with van der Waals surface area (Å²) in [5.74, 6) is 0.720. The van der Waals surface area contributed by atoms with Gasteiger partial charge in [0.1, 0.15) is 35.0 Å². The Labute approximate surface area is 243 Å². The van der Waals surface area contributed by atoms with Crippen molar-refractivity contribution in [1.29, 1.82) is 0 Å². The monoisotopic (exact) mass is 567 g/mol. The van der Waals surface area contributed by atoms with E-state index in [1.807, 2.05) is 38.1 Å². The number of ether oxygens (including phenoxy) is 2. The number of halogens is 1. The summed E-state index contributed by atoms with van der Waals surface area (Å²) in [6, 6.07) is 15.4. The minimum absolute atomic E-state index is 0.0270. The van der Waals surface area contributed by atoms with Crippen LogP contribution in [0.4, 0.5) is 4.39 Å². The number of ketones is 1. The predicted molar refractivity (Wildman–Crippen MR) is 157 cm³/mol. The van der Waals surface area contributed by atoms with Gasteiger partial charge in [-0.05, 0) is 100 Å². The maximum absolute atomic E-state index is 13.7. The molecule has 0 spiro atoms. The highest BCUT2D eigenvalue weighted by Crippen LogP contribution is 2.51. The molecule has 3 N–H and O–H groups in total. The Hall–Kier alpha value is -3.88. The molecule has 0 unspecified atom stereocenters. The summed E-state index contributed by atoms with van der Waals surface area (Å²) in [7, 11) is 0. The molecule has 2 aromatic carbocycles. The number of benzene rings is 2. The van der Waals surface area contributed by atoms with Crippen molar-refractivity contribution in [2.24, 2.45) is 11.7 Å². The summed E-state index contributed by atoms with van der Waals surface area (Å²) in [4.78, 5) is 23.2. The summed E-state index contributed by atoms with van der Waals surface area (Å²) in [5, 5.41) is 13.1. The van der Waals surface area contributed by atoms with E-state index in [4.69, 9.17) is 20.2 Å². The lowest BCUT2D eigenvalue weighted by Crippen LogP contribution is -2.35. The number of pyridine rings is 2. The molecule has 2 fully saturated rings.